The minimum absolute atomic E-state index is 0.0812. The van der Waals surface area contributed by atoms with E-state index in [2.05, 4.69) is 5.32 Å². The van der Waals surface area contributed by atoms with Gasteiger partial charge in [0.25, 0.3) is 0 Å². The van der Waals surface area contributed by atoms with Gasteiger partial charge in [-0.1, -0.05) is 12.1 Å². The molecule has 0 unspecified atom stereocenters. The summed E-state index contributed by atoms with van der Waals surface area (Å²) in [5, 5.41) is 11.0. The van der Waals surface area contributed by atoms with Crippen LogP contribution in [0.5, 0.6) is 5.75 Å². The van der Waals surface area contributed by atoms with E-state index in [9.17, 15) is 9.59 Å². The van der Waals surface area contributed by atoms with Gasteiger partial charge in [-0.3, -0.25) is 4.79 Å². The van der Waals surface area contributed by atoms with E-state index in [1.807, 2.05) is 24.3 Å². The number of carboxylic acid groups (broad SMARTS) is 1. The smallest absolute Gasteiger partial charge is 0.317 e. The Morgan fingerprint density at radius 1 is 1.32 bits per heavy atom. The third kappa shape index (κ3) is 5.29. The van der Waals surface area contributed by atoms with Crippen molar-refractivity contribution in [1.82, 2.24) is 10.2 Å². The number of ether oxygens (including phenoxy) is 1. The predicted octanol–water partition coefficient (Wildman–Crippen LogP) is 1.31. The predicted molar refractivity (Wildman–Crippen MR) is 70.1 cm³/mol. The van der Waals surface area contributed by atoms with Crippen LogP contribution < -0.4 is 10.1 Å². The summed E-state index contributed by atoms with van der Waals surface area (Å²) in [6.07, 6.45) is -0.0812. The summed E-state index contributed by atoms with van der Waals surface area (Å²) in [5.74, 6) is -0.171. The summed E-state index contributed by atoms with van der Waals surface area (Å²) in [4.78, 5) is 23.5. The largest absolute Gasteiger partial charge is 0.497 e. The quantitative estimate of drug-likeness (QED) is 0.813. The van der Waals surface area contributed by atoms with Gasteiger partial charge in [-0.15, -0.1) is 0 Å². The molecular weight excluding hydrogens is 248 g/mol. The number of benzene rings is 1. The molecule has 104 valence electrons. The first-order chi connectivity index (χ1) is 9.02. The van der Waals surface area contributed by atoms with E-state index in [4.69, 9.17) is 9.84 Å². The van der Waals surface area contributed by atoms with Gasteiger partial charge in [0.1, 0.15) is 5.75 Å². The Morgan fingerprint density at radius 2 is 1.95 bits per heavy atom. The number of methoxy groups -OCH3 is 1. The number of nitrogens with one attached hydrogen (secondary N) is 1. The van der Waals surface area contributed by atoms with Crippen LogP contribution in [0.4, 0.5) is 4.79 Å². The van der Waals surface area contributed by atoms with Crippen molar-refractivity contribution in [3.05, 3.63) is 29.8 Å². The lowest BCUT2D eigenvalue weighted by Crippen LogP contribution is -2.37. The van der Waals surface area contributed by atoms with Gasteiger partial charge >= 0.3 is 12.0 Å². The number of hydrogen-bond acceptors (Lipinski definition) is 3. The van der Waals surface area contributed by atoms with Crippen LogP contribution in [0.15, 0.2) is 24.3 Å². The van der Waals surface area contributed by atoms with Crippen molar-refractivity contribution in [1.29, 1.82) is 0 Å². The van der Waals surface area contributed by atoms with E-state index in [1.54, 1.807) is 14.2 Å². The number of aliphatic carboxylic acids is 1. The lowest BCUT2D eigenvalue weighted by Gasteiger charge is -2.17. The van der Waals surface area contributed by atoms with Gasteiger partial charge in [0.05, 0.1) is 13.5 Å². The molecule has 1 aromatic carbocycles. The van der Waals surface area contributed by atoms with E-state index in [-0.39, 0.29) is 19.0 Å². The monoisotopic (exact) mass is 266 g/mol. The topological polar surface area (TPSA) is 78.9 Å². The molecule has 6 nitrogen and oxygen atoms in total. The third-order valence-electron chi connectivity index (χ3n) is 2.54. The zero-order valence-corrected chi connectivity index (χ0v) is 11.0. The van der Waals surface area contributed by atoms with Gasteiger partial charge in [-0.25, -0.2) is 4.79 Å². The number of hydrogen-bond donors (Lipinski definition) is 2. The number of urea groups is 1. The van der Waals surface area contributed by atoms with Gasteiger partial charge in [0.2, 0.25) is 0 Å². The average Bonchev–Trinajstić information content (AvgIpc) is 2.39. The minimum Gasteiger partial charge on any atom is -0.497 e. The van der Waals surface area contributed by atoms with Crippen molar-refractivity contribution in [3.8, 4) is 5.75 Å². The molecule has 0 heterocycles. The van der Waals surface area contributed by atoms with Crippen molar-refractivity contribution < 1.29 is 19.4 Å². The van der Waals surface area contributed by atoms with Crippen LogP contribution in [0.1, 0.15) is 12.0 Å². The molecule has 6 heteroatoms. The van der Waals surface area contributed by atoms with Crippen LogP contribution in [0.2, 0.25) is 0 Å². The average molecular weight is 266 g/mol. The fourth-order valence-corrected chi connectivity index (χ4v) is 1.49. The Balaban J connectivity index is 2.42. The Morgan fingerprint density at radius 3 is 2.47 bits per heavy atom. The number of carbonyl (C=O) groups is 2. The highest BCUT2D eigenvalue weighted by molar-refractivity contribution is 5.75. The molecule has 19 heavy (non-hydrogen) atoms. The Kier molecular flexibility index (Phi) is 5.66. The number of carboxylic acids is 1. The van der Waals surface area contributed by atoms with Gasteiger partial charge < -0.3 is 20.1 Å². The summed E-state index contributed by atoms with van der Waals surface area (Å²) in [6.45, 7) is 0.573. The molecular formula is C13H18N2O4. The molecule has 0 bridgehead atoms. The van der Waals surface area contributed by atoms with Crippen molar-refractivity contribution in [2.75, 3.05) is 20.7 Å². The number of amides is 2. The summed E-state index contributed by atoms with van der Waals surface area (Å²) in [5.41, 5.74) is 0.969. The zero-order chi connectivity index (χ0) is 14.3. The van der Waals surface area contributed by atoms with Crippen molar-refractivity contribution in [3.63, 3.8) is 0 Å². The molecule has 0 aliphatic heterocycles. The van der Waals surface area contributed by atoms with Crippen LogP contribution in [0, 0.1) is 0 Å². The van der Waals surface area contributed by atoms with Crippen molar-refractivity contribution >= 4 is 12.0 Å². The van der Waals surface area contributed by atoms with Crippen molar-refractivity contribution in [2.24, 2.45) is 0 Å². The maximum atomic E-state index is 11.6. The second kappa shape index (κ2) is 7.25. The van der Waals surface area contributed by atoms with Crippen LogP contribution in [0.3, 0.4) is 0 Å². The molecule has 2 N–H and O–H groups in total. The van der Waals surface area contributed by atoms with Crippen LogP contribution in [-0.2, 0) is 11.3 Å². The van der Waals surface area contributed by atoms with E-state index in [0.717, 1.165) is 11.3 Å². The maximum absolute atomic E-state index is 11.6. The molecule has 0 fully saturated rings. The second-order valence-corrected chi connectivity index (χ2v) is 4.08. The molecule has 0 radical (unpaired) electrons. The Labute approximate surface area is 112 Å². The molecule has 0 aliphatic rings. The first-order valence-corrected chi connectivity index (χ1v) is 5.86. The van der Waals surface area contributed by atoms with E-state index >= 15 is 0 Å². The summed E-state index contributed by atoms with van der Waals surface area (Å²) >= 11 is 0. The first-order valence-electron chi connectivity index (χ1n) is 5.86. The lowest BCUT2D eigenvalue weighted by atomic mass is 10.2. The van der Waals surface area contributed by atoms with Gasteiger partial charge in [-0.05, 0) is 17.7 Å². The highest BCUT2D eigenvalue weighted by atomic mass is 16.5. The van der Waals surface area contributed by atoms with Crippen LogP contribution in [-0.4, -0.2) is 42.7 Å². The van der Waals surface area contributed by atoms with Crippen LogP contribution in [0.25, 0.3) is 0 Å². The zero-order valence-electron chi connectivity index (χ0n) is 11.0. The fourth-order valence-electron chi connectivity index (χ4n) is 1.49. The van der Waals surface area contributed by atoms with Crippen LogP contribution >= 0.6 is 0 Å². The van der Waals surface area contributed by atoms with E-state index in [1.165, 1.54) is 4.90 Å². The molecule has 0 aromatic heterocycles. The first kappa shape index (κ1) is 14.8. The molecule has 0 aliphatic carbocycles. The standard InChI is InChI=1S/C13H18N2O4/c1-15(13(18)14-8-7-12(16)17)9-10-3-5-11(19-2)6-4-10/h3-6H,7-9H2,1-2H3,(H,14,18)(H,16,17). The Hall–Kier alpha value is -2.24. The summed E-state index contributed by atoms with van der Waals surface area (Å²) in [7, 11) is 3.25. The number of rotatable bonds is 6. The number of nitrogens with zero attached hydrogens (tertiary/aromatic N) is 1. The molecule has 1 aromatic rings. The highest BCUT2D eigenvalue weighted by Crippen LogP contribution is 2.12. The van der Waals surface area contributed by atoms with E-state index < -0.39 is 5.97 Å². The summed E-state index contributed by atoms with van der Waals surface area (Å²) in [6, 6.07) is 7.11. The van der Waals surface area contributed by atoms with Gasteiger partial charge in [0.15, 0.2) is 0 Å². The van der Waals surface area contributed by atoms with Gasteiger partial charge in [-0.2, -0.15) is 0 Å². The van der Waals surface area contributed by atoms with Gasteiger partial charge in [0, 0.05) is 20.1 Å². The SMILES string of the molecule is COc1ccc(CN(C)C(=O)NCCC(=O)O)cc1. The summed E-state index contributed by atoms with van der Waals surface area (Å²) < 4.78 is 5.05. The Bertz CT molecular complexity index is 431. The number of carbonyl (C=O) groups excluding carboxylic acids is 1. The lowest BCUT2D eigenvalue weighted by molar-refractivity contribution is -0.136. The molecule has 2 amide bonds. The molecule has 1 rings (SSSR count). The maximum Gasteiger partial charge on any atom is 0.317 e. The third-order valence-corrected chi connectivity index (χ3v) is 2.54. The van der Waals surface area contributed by atoms with E-state index in [0.29, 0.717) is 6.54 Å². The highest BCUT2D eigenvalue weighted by Gasteiger charge is 2.09. The molecule has 0 spiro atoms. The second-order valence-electron chi connectivity index (χ2n) is 4.08. The fraction of sp³-hybridized carbons (Fsp3) is 0.385. The molecule has 0 saturated carbocycles. The normalized spacial score (nSPS) is 9.79. The molecule has 0 saturated heterocycles. The molecule has 0 atom stereocenters. The minimum atomic E-state index is -0.932. The van der Waals surface area contributed by atoms with Crippen molar-refractivity contribution in [2.45, 2.75) is 13.0 Å².